The summed E-state index contributed by atoms with van der Waals surface area (Å²) in [5, 5.41) is 11.9. The van der Waals surface area contributed by atoms with E-state index < -0.39 is 5.97 Å². The van der Waals surface area contributed by atoms with Crippen LogP contribution in [0.2, 0.25) is 0 Å². The second-order valence-electron chi connectivity index (χ2n) is 3.61. The highest BCUT2D eigenvalue weighted by atomic mass is 32.2. The van der Waals surface area contributed by atoms with Crippen molar-refractivity contribution in [3.05, 3.63) is 0 Å². The Balaban J connectivity index is 2.60. The van der Waals surface area contributed by atoms with Gasteiger partial charge >= 0.3 is 5.97 Å². The number of nitrogens with one attached hydrogen (secondary N) is 1. The molecule has 0 spiro atoms. The van der Waals surface area contributed by atoms with Gasteiger partial charge in [0.25, 0.3) is 0 Å². The highest BCUT2D eigenvalue weighted by Crippen LogP contribution is 2.36. The van der Waals surface area contributed by atoms with Crippen molar-refractivity contribution >= 4 is 17.7 Å². The van der Waals surface area contributed by atoms with E-state index in [1.165, 1.54) is 0 Å². The third-order valence-corrected chi connectivity index (χ3v) is 4.10. The van der Waals surface area contributed by atoms with Crippen molar-refractivity contribution in [2.24, 2.45) is 5.92 Å². The lowest BCUT2D eigenvalue weighted by Gasteiger charge is -2.28. The summed E-state index contributed by atoms with van der Waals surface area (Å²) in [7, 11) is 0. The van der Waals surface area contributed by atoms with E-state index in [-0.39, 0.29) is 10.9 Å². The van der Waals surface area contributed by atoms with Gasteiger partial charge in [0.05, 0.1) is 4.87 Å². The number of hydrogen-bond donors (Lipinski definition) is 2. The Morgan fingerprint density at radius 1 is 1.75 bits per heavy atom. The molecule has 0 aromatic heterocycles. The van der Waals surface area contributed by atoms with Gasteiger partial charge in [-0.25, -0.2) is 0 Å². The van der Waals surface area contributed by atoms with Crippen LogP contribution in [0.1, 0.15) is 20.8 Å². The van der Waals surface area contributed by atoms with E-state index in [4.69, 9.17) is 5.11 Å². The van der Waals surface area contributed by atoms with Gasteiger partial charge < -0.3 is 5.11 Å². The average Bonchev–Trinajstić information content (AvgIpc) is 2.33. The van der Waals surface area contributed by atoms with Crippen LogP contribution in [-0.2, 0) is 4.79 Å². The maximum Gasteiger partial charge on any atom is 0.321 e. The van der Waals surface area contributed by atoms with E-state index >= 15 is 0 Å². The van der Waals surface area contributed by atoms with Gasteiger partial charge in [-0.2, -0.15) is 0 Å². The molecule has 1 unspecified atom stereocenters. The number of hydrogen-bond acceptors (Lipinski definition) is 3. The molecule has 1 aliphatic rings. The van der Waals surface area contributed by atoms with Crippen molar-refractivity contribution < 1.29 is 9.90 Å². The predicted molar refractivity (Wildman–Crippen MR) is 50.3 cm³/mol. The summed E-state index contributed by atoms with van der Waals surface area (Å²) in [6.45, 7) is 6.26. The first-order valence-electron chi connectivity index (χ1n) is 4.10. The van der Waals surface area contributed by atoms with E-state index in [1.807, 2.05) is 0 Å². The third-order valence-electron chi connectivity index (χ3n) is 2.41. The number of carboxylic acids is 1. The lowest BCUT2D eigenvalue weighted by molar-refractivity contribution is -0.138. The van der Waals surface area contributed by atoms with Crippen molar-refractivity contribution in [3.63, 3.8) is 0 Å². The Hall–Kier alpha value is -0.220. The Labute approximate surface area is 76.9 Å². The van der Waals surface area contributed by atoms with Crippen LogP contribution in [-0.4, -0.2) is 27.7 Å². The standard InChI is InChI=1S/C8H15NO2S/c1-5(2)8(3)9-6(4-12-8)7(10)11/h5-6,9H,4H2,1-3H3,(H,10,11)/t6-,8?/m1/s1. The van der Waals surface area contributed by atoms with Crippen LogP contribution >= 0.6 is 11.8 Å². The Bertz CT molecular complexity index is 195. The normalized spacial score (nSPS) is 35.8. The molecule has 12 heavy (non-hydrogen) atoms. The fourth-order valence-corrected chi connectivity index (χ4v) is 2.45. The van der Waals surface area contributed by atoms with Crippen LogP contribution in [0.4, 0.5) is 0 Å². The van der Waals surface area contributed by atoms with E-state index in [2.05, 4.69) is 26.1 Å². The SMILES string of the molecule is CC(C)C1(C)N[C@@H](C(=O)O)CS1. The zero-order valence-corrected chi connectivity index (χ0v) is 8.44. The van der Waals surface area contributed by atoms with Crippen LogP contribution in [0, 0.1) is 5.92 Å². The van der Waals surface area contributed by atoms with Gasteiger partial charge in [0.2, 0.25) is 0 Å². The second-order valence-corrected chi connectivity index (χ2v) is 5.08. The Morgan fingerprint density at radius 2 is 2.33 bits per heavy atom. The molecule has 1 heterocycles. The molecule has 1 saturated heterocycles. The Morgan fingerprint density at radius 3 is 2.58 bits per heavy atom. The molecule has 0 aromatic rings. The molecule has 1 aliphatic heterocycles. The van der Waals surface area contributed by atoms with Gasteiger partial charge in [-0.3, -0.25) is 10.1 Å². The minimum Gasteiger partial charge on any atom is -0.480 e. The highest BCUT2D eigenvalue weighted by Gasteiger charge is 2.40. The smallest absolute Gasteiger partial charge is 0.321 e. The zero-order chi connectivity index (χ0) is 9.35. The number of rotatable bonds is 2. The lowest BCUT2D eigenvalue weighted by Crippen LogP contribution is -2.46. The molecular formula is C8H15NO2S. The number of thioether (sulfide) groups is 1. The third kappa shape index (κ3) is 1.75. The zero-order valence-electron chi connectivity index (χ0n) is 7.63. The molecule has 3 nitrogen and oxygen atoms in total. The molecule has 1 rings (SSSR count). The molecular weight excluding hydrogens is 174 g/mol. The van der Waals surface area contributed by atoms with E-state index in [0.29, 0.717) is 11.7 Å². The minimum atomic E-state index is -0.744. The summed E-state index contributed by atoms with van der Waals surface area (Å²) >= 11 is 1.70. The number of carboxylic acid groups (broad SMARTS) is 1. The summed E-state index contributed by atoms with van der Waals surface area (Å²) < 4.78 is 0. The van der Waals surface area contributed by atoms with Crippen molar-refractivity contribution in [1.82, 2.24) is 5.32 Å². The monoisotopic (exact) mass is 189 g/mol. The minimum absolute atomic E-state index is 0.0664. The maximum absolute atomic E-state index is 10.6. The quantitative estimate of drug-likeness (QED) is 0.684. The van der Waals surface area contributed by atoms with Gasteiger partial charge in [-0.15, -0.1) is 11.8 Å². The number of carbonyl (C=O) groups is 1. The van der Waals surface area contributed by atoms with Crippen LogP contribution < -0.4 is 5.32 Å². The van der Waals surface area contributed by atoms with Crippen LogP contribution in [0.15, 0.2) is 0 Å². The molecule has 0 saturated carbocycles. The van der Waals surface area contributed by atoms with Crippen LogP contribution in [0.25, 0.3) is 0 Å². The fourth-order valence-electron chi connectivity index (χ4n) is 1.15. The van der Waals surface area contributed by atoms with Gasteiger partial charge in [-0.1, -0.05) is 13.8 Å². The molecule has 4 heteroatoms. The Kier molecular flexibility index (Phi) is 2.68. The summed E-state index contributed by atoms with van der Waals surface area (Å²) in [5.74, 6) is 0.378. The summed E-state index contributed by atoms with van der Waals surface area (Å²) in [5.41, 5.74) is 0. The molecule has 0 amide bonds. The fraction of sp³-hybridized carbons (Fsp3) is 0.875. The van der Waals surface area contributed by atoms with Crippen LogP contribution in [0.3, 0.4) is 0 Å². The van der Waals surface area contributed by atoms with Gasteiger partial charge in [0, 0.05) is 5.75 Å². The predicted octanol–water partition coefficient (Wildman–Crippen LogP) is 1.15. The first kappa shape index (κ1) is 9.86. The molecule has 0 aliphatic carbocycles. The van der Waals surface area contributed by atoms with Crippen molar-refractivity contribution in [2.45, 2.75) is 31.7 Å². The largest absolute Gasteiger partial charge is 0.480 e. The van der Waals surface area contributed by atoms with Gasteiger partial charge in [-0.05, 0) is 12.8 Å². The molecule has 2 N–H and O–H groups in total. The maximum atomic E-state index is 10.6. The van der Waals surface area contributed by atoms with Gasteiger partial charge in [0.1, 0.15) is 6.04 Å². The molecule has 0 aromatic carbocycles. The second kappa shape index (κ2) is 3.26. The molecule has 70 valence electrons. The molecule has 2 atom stereocenters. The first-order valence-corrected chi connectivity index (χ1v) is 5.09. The van der Waals surface area contributed by atoms with Gasteiger partial charge in [0.15, 0.2) is 0 Å². The number of aliphatic carboxylic acids is 1. The topological polar surface area (TPSA) is 49.3 Å². The van der Waals surface area contributed by atoms with Crippen molar-refractivity contribution in [2.75, 3.05) is 5.75 Å². The lowest BCUT2D eigenvalue weighted by atomic mass is 10.1. The van der Waals surface area contributed by atoms with Crippen molar-refractivity contribution in [3.8, 4) is 0 Å². The summed E-state index contributed by atoms with van der Waals surface area (Å²) in [6.07, 6.45) is 0. The van der Waals surface area contributed by atoms with E-state index in [1.54, 1.807) is 11.8 Å². The molecule has 0 radical (unpaired) electrons. The van der Waals surface area contributed by atoms with Crippen LogP contribution in [0.5, 0.6) is 0 Å². The van der Waals surface area contributed by atoms with Crippen molar-refractivity contribution in [1.29, 1.82) is 0 Å². The van der Waals surface area contributed by atoms with E-state index in [9.17, 15) is 4.79 Å². The highest BCUT2D eigenvalue weighted by molar-refractivity contribution is 8.00. The summed E-state index contributed by atoms with van der Waals surface area (Å²) in [4.78, 5) is 10.6. The first-order chi connectivity index (χ1) is 5.46. The molecule has 0 bridgehead atoms. The molecule has 1 fully saturated rings. The van der Waals surface area contributed by atoms with E-state index in [0.717, 1.165) is 0 Å². The average molecular weight is 189 g/mol. The summed E-state index contributed by atoms with van der Waals surface area (Å²) in [6, 6.07) is -0.373.